The monoisotopic (exact) mass is 328 g/mol. The quantitative estimate of drug-likeness (QED) is 0.597. The van der Waals surface area contributed by atoms with Gasteiger partial charge >= 0.3 is 6.18 Å². The van der Waals surface area contributed by atoms with Crippen LogP contribution in [0.4, 0.5) is 23.2 Å². The van der Waals surface area contributed by atoms with Gasteiger partial charge in [-0.3, -0.25) is 4.72 Å². The van der Waals surface area contributed by atoms with Gasteiger partial charge in [0.2, 0.25) is 10.0 Å². The maximum atomic E-state index is 13.1. The Balaban J connectivity index is 2.79. The predicted molar refractivity (Wildman–Crippen MR) is 72.0 cm³/mol. The lowest BCUT2D eigenvalue weighted by atomic mass is 10.2. The van der Waals surface area contributed by atoms with Crippen LogP contribution in [0.2, 0.25) is 0 Å². The second kappa shape index (κ2) is 7.08. The van der Waals surface area contributed by atoms with Crippen LogP contribution in [0.3, 0.4) is 0 Å². The van der Waals surface area contributed by atoms with Gasteiger partial charge in [0.25, 0.3) is 0 Å². The highest BCUT2D eigenvalue weighted by molar-refractivity contribution is 7.92. The van der Waals surface area contributed by atoms with Crippen molar-refractivity contribution >= 4 is 15.7 Å². The van der Waals surface area contributed by atoms with E-state index in [2.05, 4.69) is 5.32 Å². The van der Waals surface area contributed by atoms with Crippen molar-refractivity contribution in [1.82, 2.24) is 5.32 Å². The summed E-state index contributed by atoms with van der Waals surface area (Å²) in [6, 6.07) is 1.98. The number of hydrogen-bond donors (Lipinski definition) is 2. The number of benzene rings is 1. The molecule has 1 aromatic rings. The fraction of sp³-hybridized carbons (Fsp3) is 0.500. The molecule has 1 rings (SSSR count). The first-order valence-electron chi connectivity index (χ1n) is 6.23. The van der Waals surface area contributed by atoms with E-state index in [0.717, 1.165) is 6.07 Å². The molecule has 0 bridgehead atoms. The molecule has 4 nitrogen and oxygen atoms in total. The molecule has 0 spiro atoms. The van der Waals surface area contributed by atoms with Gasteiger partial charge in [0.05, 0.1) is 11.3 Å². The van der Waals surface area contributed by atoms with Crippen molar-refractivity contribution < 1.29 is 26.0 Å². The van der Waals surface area contributed by atoms with Gasteiger partial charge in [-0.15, -0.1) is 0 Å². The lowest BCUT2D eigenvalue weighted by molar-refractivity contribution is -0.139. The molecule has 0 aliphatic heterocycles. The van der Waals surface area contributed by atoms with Crippen molar-refractivity contribution in [2.75, 3.05) is 23.6 Å². The van der Waals surface area contributed by atoms with E-state index >= 15 is 0 Å². The molecule has 0 aliphatic carbocycles. The summed E-state index contributed by atoms with van der Waals surface area (Å²) in [5.41, 5.74) is -1.82. The lowest BCUT2D eigenvalue weighted by Gasteiger charge is -2.12. The van der Waals surface area contributed by atoms with Crippen molar-refractivity contribution in [2.45, 2.75) is 19.5 Å². The first kappa shape index (κ1) is 17.7. The third-order valence-electron chi connectivity index (χ3n) is 2.56. The summed E-state index contributed by atoms with van der Waals surface area (Å²) >= 11 is 0. The summed E-state index contributed by atoms with van der Waals surface area (Å²) in [4.78, 5) is 0. The Bertz CT molecular complexity index is 573. The molecule has 0 saturated carbocycles. The predicted octanol–water partition coefficient (Wildman–Crippen LogP) is 2.59. The maximum Gasteiger partial charge on any atom is 0.419 e. The summed E-state index contributed by atoms with van der Waals surface area (Å²) in [5.74, 6) is -1.68. The summed E-state index contributed by atoms with van der Waals surface area (Å²) in [5, 5.41) is 2.93. The van der Waals surface area contributed by atoms with E-state index in [9.17, 15) is 26.0 Å². The molecule has 1 aromatic carbocycles. The van der Waals surface area contributed by atoms with Gasteiger partial charge in [-0.2, -0.15) is 13.2 Å². The first-order chi connectivity index (χ1) is 9.65. The third kappa shape index (κ3) is 5.88. The normalized spacial score (nSPS) is 12.4. The number of anilines is 1. The van der Waals surface area contributed by atoms with Crippen LogP contribution in [0, 0.1) is 5.82 Å². The average molecular weight is 328 g/mol. The van der Waals surface area contributed by atoms with Crippen LogP contribution >= 0.6 is 0 Å². The molecule has 0 aromatic heterocycles. The zero-order chi connectivity index (χ0) is 16.1. The molecule has 0 heterocycles. The molecule has 0 aliphatic rings. The molecule has 0 unspecified atom stereocenters. The molecule has 0 atom stereocenters. The SMILES string of the molecule is CCNCCCS(=O)(=O)Nc1ccc(F)c(C(F)(F)F)c1. The minimum absolute atomic E-state index is 0.237. The maximum absolute atomic E-state index is 13.1. The van der Waals surface area contributed by atoms with Crippen molar-refractivity contribution in [3.8, 4) is 0 Å². The number of sulfonamides is 1. The summed E-state index contributed by atoms with van der Waals surface area (Å²) in [7, 11) is -3.77. The van der Waals surface area contributed by atoms with E-state index in [-0.39, 0.29) is 11.4 Å². The van der Waals surface area contributed by atoms with Crippen LogP contribution in [-0.2, 0) is 16.2 Å². The molecule has 21 heavy (non-hydrogen) atoms. The van der Waals surface area contributed by atoms with Gasteiger partial charge < -0.3 is 5.32 Å². The van der Waals surface area contributed by atoms with Gasteiger partial charge in [0.1, 0.15) is 5.82 Å². The van der Waals surface area contributed by atoms with E-state index in [0.29, 0.717) is 31.6 Å². The molecule has 2 N–H and O–H groups in total. The molecular weight excluding hydrogens is 312 g/mol. The number of nitrogens with one attached hydrogen (secondary N) is 2. The molecule has 0 saturated heterocycles. The van der Waals surface area contributed by atoms with E-state index in [1.807, 2.05) is 11.6 Å². The Labute approximate surface area is 120 Å². The average Bonchev–Trinajstić information content (AvgIpc) is 2.35. The van der Waals surface area contributed by atoms with E-state index in [4.69, 9.17) is 0 Å². The van der Waals surface area contributed by atoms with Crippen LogP contribution in [0.15, 0.2) is 18.2 Å². The third-order valence-corrected chi connectivity index (χ3v) is 3.93. The van der Waals surface area contributed by atoms with Crippen molar-refractivity contribution in [3.05, 3.63) is 29.6 Å². The Morgan fingerprint density at radius 3 is 2.48 bits per heavy atom. The zero-order valence-electron chi connectivity index (χ0n) is 11.3. The van der Waals surface area contributed by atoms with Crippen molar-refractivity contribution in [2.24, 2.45) is 0 Å². The van der Waals surface area contributed by atoms with Crippen LogP contribution in [-0.4, -0.2) is 27.3 Å². The standard InChI is InChI=1S/C12H16F4N2O2S/c1-2-17-6-3-7-21(19,20)18-9-4-5-11(13)10(8-9)12(14,15)16/h4-5,8,17-18H,2-3,6-7H2,1H3. The fourth-order valence-electron chi connectivity index (χ4n) is 1.60. The smallest absolute Gasteiger partial charge is 0.317 e. The Hall–Kier alpha value is -1.35. The van der Waals surface area contributed by atoms with Gasteiger partial charge in [0, 0.05) is 5.69 Å². The van der Waals surface area contributed by atoms with Gasteiger partial charge in [-0.1, -0.05) is 6.92 Å². The largest absolute Gasteiger partial charge is 0.419 e. The van der Waals surface area contributed by atoms with E-state index < -0.39 is 27.6 Å². The summed E-state index contributed by atoms with van der Waals surface area (Å²) < 4.78 is 76.1. The molecule has 0 radical (unpaired) electrons. The van der Waals surface area contributed by atoms with Crippen molar-refractivity contribution in [1.29, 1.82) is 0 Å². The minimum Gasteiger partial charge on any atom is -0.317 e. The Morgan fingerprint density at radius 1 is 1.24 bits per heavy atom. The number of halogens is 4. The highest BCUT2D eigenvalue weighted by Crippen LogP contribution is 2.33. The summed E-state index contributed by atoms with van der Waals surface area (Å²) in [6.45, 7) is 3.04. The highest BCUT2D eigenvalue weighted by Gasteiger charge is 2.34. The number of alkyl halides is 3. The molecule has 0 amide bonds. The van der Waals surface area contributed by atoms with Crippen LogP contribution in [0.1, 0.15) is 18.9 Å². The second-order valence-electron chi connectivity index (χ2n) is 4.32. The van der Waals surface area contributed by atoms with Crippen LogP contribution in [0.25, 0.3) is 0 Å². The lowest BCUT2D eigenvalue weighted by Crippen LogP contribution is -2.22. The Kier molecular flexibility index (Phi) is 5.97. The topological polar surface area (TPSA) is 58.2 Å². The molecular formula is C12H16F4N2O2S. The van der Waals surface area contributed by atoms with Crippen LogP contribution < -0.4 is 10.0 Å². The van der Waals surface area contributed by atoms with Crippen LogP contribution in [0.5, 0.6) is 0 Å². The highest BCUT2D eigenvalue weighted by atomic mass is 32.2. The van der Waals surface area contributed by atoms with Gasteiger partial charge in [-0.25, -0.2) is 12.8 Å². The summed E-state index contributed by atoms with van der Waals surface area (Å²) in [6.07, 6.45) is -4.56. The molecule has 0 fully saturated rings. The first-order valence-corrected chi connectivity index (χ1v) is 7.89. The van der Waals surface area contributed by atoms with Gasteiger partial charge in [0.15, 0.2) is 0 Å². The number of hydrogen-bond acceptors (Lipinski definition) is 3. The zero-order valence-corrected chi connectivity index (χ0v) is 12.1. The molecule has 120 valence electrons. The second-order valence-corrected chi connectivity index (χ2v) is 6.16. The fourth-order valence-corrected chi connectivity index (χ4v) is 2.71. The van der Waals surface area contributed by atoms with E-state index in [1.54, 1.807) is 0 Å². The minimum atomic E-state index is -4.88. The van der Waals surface area contributed by atoms with Crippen molar-refractivity contribution in [3.63, 3.8) is 0 Å². The number of rotatable bonds is 7. The molecule has 9 heteroatoms. The Morgan fingerprint density at radius 2 is 1.90 bits per heavy atom. The van der Waals surface area contributed by atoms with Gasteiger partial charge in [-0.05, 0) is 37.7 Å². The van der Waals surface area contributed by atoms with E-state index in [1.165, 1.54) is 0 Å².